The van der Waals surface area contributed by atoms with Crippen LogP contribution in [-0.2, 0) is 25.6 Å². The molecule has 0 aliphatic rings. The molecule has 0 aromatic carbocycles. The number of rotatable bonds is 15. The molecule has 3 amide bonds. The Kier molecular flexibility index (Phi) is 12.2. The van der Waals surface area contributed by atoms with Gasteiger partial charge in [0.1, 0.15) is 18.1 Å². The maximum atomic E-state index is 12.9. The molecular formula is C21H37N7O6. The highest BCUT2D eigenvalue weighted by atomic mass is 16.4. The summed E-state index contributed by atoms with van der Waals surface area (Å²) in [5.41, 5.74) is 11.8. The van der Waals surface area contributed by atoms with E-state index in [1.54, 1.807) is 13.8 Å². The lowest BCUT2D eigenvalue weighted by atomic mass is 10.0. The van der Waals surface area contributed by atoms with Gasteiger partial charge in [-0.2, -0.15) is 0 Å². The molecule has 5 unspecified atom stereocenters. The minimum Gasteiger partial charge on any atom is -0.480 e. The van der Waals surface area contributed by atoms with Crippen molar-refractivity contribution in [2.24, 2.45) is 17.4 Å². The van der Waals surface area contributed by atoms with Gasteiger partial charge in [-0.25, -0.2) is 9.78 Å². The van der Waals surface area contributed by atoms with Gasteiger partial charge >= 0.3 is 5.97 Å². The summed E-state index contributed by atoms with van der Waals surface area (Å²) in [7, 11) is 0. The smallest absolute Gasteiger partial charge is 0.326 e. The number of carbonyl (C=O) groups is 4. The Bertz CT molecular complexity index is 800. The number of aliphatic hydroxyl groups excluding tert-OH is 1. The third-order valence-corrected chi connectivity index (χ3v) is 5.26. The van der Waals surface area contributed by atoms with E-state index in [-0.39, 0.29) is 18.8 Å². The Labute approximate surface area is 198 Å². The van der Waals surface area contributed by atoms with Gasteiger partial charge in [0.15, 0.2) is 0 Å². The summed E-state index contributed by atoms with van der Waals surface area (Å²) in [5.74, 6) is -3.61. The average Bonchev–Trinajstić information content (AvgIpc) is 3.28. The number of hydrogen-bond acceptors (Lipinski definition) is 8. The maximum absolute atomic E-state index is 12.9. The molecule has 0 radical (unpaired) electrons. The highest BCUT2D eigenvalue weighted by Crippen LogP contribution is 2.06. The fourth-order valence-corrected chi connectivity index (χ4v) is 3.07. The van der Waals surface area contributed by atoms with Crippen molar-refractivity contribution in [2.45, 2.75) is 76.7 Å². The van der Waals surface area contributed by atoms with Gasteiger partial charge < -0.3 is 42.6 Å². The van der Waals surface area contributed by atoms with Gasteiger partial charge in [0.2, 0.25) is 17.7 Å². The van der Waals surface area contributed by atoms with Crippen LogP contribution in [0.2, 0.25) is 0 Å². The predicted molar refractivity (Wildman–Crippen MR) is 123 cm³/mol. The molecule has 10 N–H and O–H groups in total. The molecule has 0 saturated heterocycles. The number of nitrogens with zero attached hydrogens (tertiary/aromatic N) is 1. The minimum atomic E-state index is -1.38. The summed E-state index contributed by atoms with van der Waals surface area (Å²) >= 11 is 0. The van der Waals surface area contributed by atoms with Gasteiger partial charge in [-0.1, -0.05) is 13.8 Å². The van der Waals surface area contributed by atoms with Gasteiger partial charge in [0, 0.05) is 18.3 Å². The number of nitrogens with two attached hydrogens (primary N) is 2. The minimum absolute atomic E-state index is 0.0291. The van der Waals surface area contributed by atoms with Crippen molar-refractivity contribution in [3.8, 4) is 0 Å². The third-order valence-electron chi connectivity index (χ3n) is 5.26. The second kappa shape index (κ2) is 14.3. The van der Waals surface area contributed by atoms with Crippen LogP contribution >= 0.6 is 0 Å². The molecular weight excluding hydrogens is 446 g/mol. The maximum Gasteiger partial charge on any atom is 0.326 e. The monoisotopic (exact) mass is 483 g/mol. The van der Waals surface area contributed by atoms with Crippen LogP contribution in [0.1, 0.15) is 45.7 Å². The summed E-state index contributed by atoms with van der Waals surface area (Å²) < 4.78 is 0. The molecule has 0 aliphatic carbocycles. The first-order chi connectivity index (χ1) is 16.0. The van der Waals surface area contributed by atoms with E-state index in [0.717, 1.165) is 0 Å². The SMILES string of the molecule is CC(C)C(N)C(=O)NC(C(=O)NC(Cc1cnc[nH]1)C(=O)NC(CCCCN)C(=O)O)C(C)O. The number of carboxylic acid groups (broad SMARTS) is 1. The lowest BCUT2D eigenvalue weighted by molar-refractivity contribution is -0.142. The van der Waals surface area contributed by atoms with Gasteiger partial charge in [0.25, 0.3) is 0 Å². The lowest BCUT2D eigenvalue weighted by Gasteiger charge is -2.27. The van der Waals surface area contributed by atoms with Crippen LogP contribution in [0.3, 0.4) is 0 Å². The molecule has 1 heterocycles. The number of aromatic nitrogens is 2. The van der Waals surface area contributed by atoms with Crippen molar-refractivity contribution < 1.29 is 29.4 Å². The molecule has 192 valence electrons. The molecule has 0 bridgehead atoms. The molecule has 5 atom stereocenters. The van der Waals surface area contributed by atoms with Crippen LogP contribution < -0.4 is 27.4 Å². The number of carboxylic acids is 1. The standard InChI is InChI=1S/C21H37N7O6/c1-11(2)16(23)19(31)28-17(12(3)29)20(32)27-15(8-13-9-24-10-25-13)18(30)26-14(21(33)34)6-4-5-7-22/h9-12,14-17,29H,4-8,22-23H2,1-3H3,(H,24,25)(H,26,30)(H,27,32)(H,28,31)(H,33,34). The second-order valence-corrected chi connectivity index (χ2v) is 8.52. The number of unbranched alkanes of at least 4 members (excludes halogenated alkanes) is 1. The van der Waals surface area contributed by atoms with Crippen molar-refractivity contribution in [3.05, 3.63) is 18.2 Å². The van der Waals surface area contributed by atoms with Crippen molar-refractivity contribution in [1.82, 2.24) is 25.9 Å². The van der Waals surface area contributed by atoms with E-state index in [1.807, 2.05) is 0 Å². The average molecular weight is 484 g/mol. The molecule has 1 aromatic heterocycles. The number of H-pyrrole nitrogens is 1. The first kappa shape index (κ1) is 29.0. The number of carbonyl (C=O) groups excluding carboxylic acids is 3. The number of aromatic amines is 1. The fraction of sp³-hybridized carbons (Fsp3) is 0.667. The van der Waals surface area contributed by atoms with E-state index in [1.165, 1.54) is 19.4 Å². The lowest BCUT2D eigenvalue weighted by Crippen LogP contribution is -2.60. The Hall–Kier alpha value is -3.03. The summed E-state index contributed by atoms with van der Waals surface area (Å²) in [6.07, 6.45) is 2.80. The highest BCUT2D eigenvalue weighted by Gasteiger charge is 2.33. The van der Waals surface area contributed by atoms with Crippen LogP contribution in [0.25, 0.3) is 0 Å². The van der Waals surface area contributed by atoms with Gasteiger partial charge in [0.05, 0.1) is 18.5 Å². The van der Waals surface area contributed by atoms with Crippen LogP contribution in [0.4, 0.5) is 0 Å². The molecule has 0 fully saturated rings. The largest absolute Gasteiger partial charge is 0.480 e. The third kappa shape index (κ3) is 9.45. The molecule has 13 nitrogen and oxygen atoms in total. The van der Waals surface area contributed by atoms with Crippen molar-refractivity contribution in [3.63, 3.8) is 0 Å². The molecule has 34 heavy (non-hydrogen) atoms. The number of amides is 3. The zero-order valence-electron chi connectivity index (χ0n) is 19.8. The van der Waals surface area contributed by atoms with E-state index >= 15 is 0 Å². The number of hydrogen-bond donors (Lipinski definition) is 8. The van der Waals surface area contributed by atoms with Crippen LogP contribution in [0, 0.1) is 5.92 Å². The Morgan fingerprint density at radius 3 is 2.18 bits per heavy atom. The molecule has 0 spiro atoms. The van der Waals surface area contributed by atoms with E-state index < -0.39 is 54.0 Å². The van der Waals surface area contributed by atoms with Crippen molar-refractivity contribution in [2.75, 3.05) is 6.54 Å². The summed E-state index contributed by atoms with van der Waals surface area (Å²) in [6.45, 7) is 5.18. The predicted octanol–water partition coefficient (Wildman–Crippen LogP) is -2.02. The molecule has 0 aliphatic heterocycles. The van der Waals surface area contributed by atoms with Gasteiger partial charge in [-0.15, -0.1) is 0 Å². The summed E-state index contributed by atoms with van der Waals surface area (Å²) in [5, 5.41) is 26.9. The van der Waals surface area contributed by atoms with Gasteiger partial charge in [-0.05, 0) is 38.6 Å². The first-order valence-corrected chi connectivity index (χ1v) is 11.2. The van der Waals surface area contributed by atoms with E-state index in [4.69, 9.17) is 11.5 Å². The first-order valence-electron chi connectivity index (χ1n) is 11.2. The summed E-state index contributed by atoms with van der Waals surface area (Å²) in [4.78, 5) is 56.5. The van der Waals surface area contributed by atoms with Crippen molar-refractivity contribution in [1.29, 1.82) is 0 Å². The molecule has 1 rings (SSSR count). The second-order valence-electron chi connectivity index (χ2n) is 8.52. The van der Waals surface area contributed by atoms with Crippen molar-refractivity contribution >= 4 is 23.7 Å². The zero-order chi connectivity index (χ0) is 25.8. The number of aliphatic carboxylic acids is 1. The molecule has 0 saturated carbocycles. The van der Waals surface area contributed by atoms with Crippen LogP contribution in [-0.4, -0.2) is 80.7 Å². The molecule has 1 aromatic rings. The highest BCUT2D eigenvalue weighted by molar-refractivity contribution is 5.94. The normalized spacial score (nSPS) is 15.6. The fourth-order valence-electron chi connectivity index (χ4n) is 3.07. The molecule has 13 heteroatoms. The van der Waals surface area contributed by atoms with E-state index in [2.05, 4.69) is 25.9 Å². The number of nitrogens with one attached hydrogen (secondary N) is 4. The number of aliphatic hydroxyl groups is 1. The van der Waals surface area contributed by atoms with E-state index in [9.17, 15) is 29.4 Å². The van der Waals surface area contributed by atoms with Crippen LogP contribution in [0.5, 0.6) is 0 Å². The number of imidazole rings is 1. The Balaban J connectivity index is 3.01. The Morgan fingerprint density at radius 2 is 1.68 bits per heavy atom. The topological polar surface area (TPSA) is 226 Å². The summed E-state index contributed by atoms with van der Waals surface area (Å²) in [6, 6.07) is -4.66. The van der Waals surface area contributed by atoms with E-state index in [0.29, 0.717) is 25.1 Å². The quantitative estimate of drug-likeness (QED) is 0.129. The Morgan fingerprint density at radius 1 is 1.03 bits per heavy atom. The van der Waals surface area contributed by atoms with Crippen LogP contribution in [0.15, 0.2) is 12.5 Å². The zero-order valence-corrected chi connectivity index (χ0v) is 19.8. The van der Waals surface area contributed by atoms with Gasteiger partial charge in [-0.3, -0.25) is 14.4 Å².